The molecule has 2 fully saturated rings. The molecule has 2 bridgehead atoms. The first-order chi connectivity index (χ1) is 26.4. The molecule has 1 unspecified atom stereocenters. The van der Waals surface area contributed by atoms with E-state index in [0.717, 1.165) is 78.3 Å². The van der Waals surface area contributed by atoms with Gasteiger partial charge in [0.25, 0.3) is 0 Å². The first-order valence-electron chi connectivity index (χ1n) is 19.2. The van der Waals surface area contributed by atoms with E-state index in [1.165, 1.54) is 37.7 Å². The minimum absolute atomic E-state index is 0.265. The van der Waals surface area contributed by atoms with E-state index >= 15 is 0 Å². The molecule has 5 nitrogen and oxygen atoms in total. The molecule has 0 N–H and O–H groups in total. The van der Waals surface area contributed by atoms with Gasteiger partial charge in [-0.05, 0) is 119 Å². The predicted octanol–water partition coefficient (Wildman–Crippen LogP) is 12.6. The van der Waals surface area contributed by atoms with E-state index in [-0.39, 0.29) is 5.41 Å². The van der Waals surface area contributed by atoms with Gasteiger partial charge in [-0.1, -0.05) is 105 Å². The van der Waals surface area contributed by atoms with E-state index in [1.807, 2.05) is 18.2 Å². The van der Waals surface area contributed by atoms with E-state index in [4.69, 9.17) is 19.4 Å². The van der Waals surface area contributed by atoms with E-state index in [2.05, 4.69) is 123 Å². The summed E-state index contributed by atoms with van der Waals surface area (Å²) in [7, 11) is 0. The maximum absolute atomic E-state index is 9.53. The third-order valence-corrected chi connectivity index (χ3v) is 12.1. The summed E-state index contributed by atoms with van der Waals surface area (Å²) < 4.78 is 6.11. The lowest BCUT2D eigenvalue weighted by Crippen LogP contribution is -2.42. The van der Waals surface area contributed by atoms with Crippen LogP contribution in [0, 0.1) is 29.1 Å². The Hall–Kier alpha value is -6.12. The van der Waals surface area contributed by atoms with E-state index < -0.39 is 0 Å². The first kappa shape index (κ1) is 32.5. The second-order valence-corrected chi connectivity index (χ2v) is 16.1. The summed E-state index contributed by atoms with van der Waals surface area (Å²) in [6, 6.07) is 46.4. The minimum atomic E-state index is 0.265. The molecule has 2 aromatic heterocycles. The third kappa shape index (κ3) is 5.65. The molecule has 0 aliphatic heterocycles. The van der Waals surface area contributed by atoms with Crippen molar-refractivity contribution in [2.45, 2.75) is 51.4 Å². The zero-order valence-corrected chi connectivity index (χ0v) is 30.6. The molecule has 0 spiro atoms. The average molecular weight is 701 g/mol. The van der Waals surface area contributed by atoms with Crippen LogP contribution in [0.4, 0.5) is 0 Å². The van der Waals surface area contributed by atoms with Gasteiger partial charge < -0.3 is 4.42 Å². The summed E-state index contributed by atoms with van der Waals surface area (Å²) >= 11 is 0. The summed E-state index contributed by atoms with van der Waals surface area (Å²) in [4.78, 5) is 15.5. The van der Waals surface area contributed by atoms with Crippen molar-refractivity contribution in [3.8, 4) is 51.4 Å². The molecule has 5 heteroatoms. The Morgan fingerprint density at radius 3 is 2.00 bits per heavy atom. The average Bonchev–Trinajstić information content (AvgIpc) is 3.57. The molecule has 2 heterocycles. The minimum Gasteiger partial charge on any atom is -0.456 e. The van der Waals surface area contributed by atoms with Gasteiger partial charge in [0.1, 0.15) is 11.2 Å². The Morgan fingerprint density at radius 1 is 0.574 bits per heavy atom. The Morgan fingerprint density at radius 2 is 1.20 bits per heavy atom. The van der Waals surface area contributed by atoms with Crippen LogP contribution in [0.2, 0.25) is 0 Å². The van der Waals surface area contributed by atoms with Crippen LogP contribution in [0.5, 0.6) is 0 Å². The van der Waals surface area contributed by atoms with Gasteiger partial charge in [-0.3, -0.25) is 0 Å². The summed E-state index contributed by atoms with van der Waals surface area (Å²) in [5.41, 5.74) is 8.89. The number of hydrogen-bond donors (Lipinski definition) is 0. The van der Waals surface area contributed by atoms with Gasteiger partial charge in [0.15, 0.2) is 17.5 Å². The van der Waals surface area contributed by atoms with Crippen molar-refractivity contribution in [3.63, 3.8) is 0 Å². The van der Waals surface area contributed by atoms with Crippen LogP contribution in [0.25, 0.3) is 78.0 Å². The Balaban J connectivity index is 1.08. The van der Waals surface area contributed by atoms with Gasteiger partial charge in [0.05, 0.1) is 11.6 Å². The molecule has 262 valence electrons. The van der Waals surface area contributed by atoms with Gasteiger partial charge in [-0.2, -0.15) is 5.26 Å². The molecule has 54 heavy (non-hydrogen) atoms. The highest BCUT2D eigenvalue weighted by molar-refractivity contribution is 6.06. The topological polar surface area (TPSA) is 75.6 Å². The molecule has 2 aliphatic carbocycles. The summed E-state index contributed by atoms with van der Waals surface area (Å²) in [6.07, 6.45) is 6.59. The fourth-order valence-electron chi connectivity index (χ4n) is 10.1. The molecule has 0 radical (unpaired) electrons. The molecule has 10 rings (SSSR count). The number of aromatic nitrogens is 3. The van der Waals surface area contributed by atoms with Gasteiger partial charge in [-0.15, -0.1) is 0 Å². The SMILES string of the molecule is C[C@@H]1C[C@@H]2C[C@H](C)CC(c3ccc(-c4nc(-c5cccc(-c6ccc7oc8ccc(C#N)cc8c7c6)c5)nc(-c5cccc6ccccc56)n4)cc3)(C1)C2. The summed E-state index contributed by atoms with van der Waals surface area (Å²) in [5.74, 6) is 4.32. The van der Waals surface area contributed by atoms with Crippen LogP contribution in [0.15, 0.2) is 132 Å². The van der Waals surface area contributed by atoms with Crippen LogP contribution >= 0.6 is 0 Å². The summed E-state index contributed by atoms with van der Waals surface area (Å²) in [6.45, 7) is 4.90. The van der Waals surface area contributed by atoms with Crippen molar-refractivity contribution in [2.75, 3.05) is 0 Å². The van der Waals surface area contributed by atoms with Crippen LogP contribution < -0.4 is 0 Å². The number of furan rings is 1. The molecule has 0 amide bonds. The van der Waals surface area contributed by atoms with Gasteiger partial charge in [0.2, 0.25) is 0 Å². The second-order valence-electron chi connectivity index (χ2n) is 16.1. The number of fused-ring (bicyclic) bond motifs is 6. The van der Waals surface area contributed by atoms with Crippen LogP contribution in [-0.2, 0) is 5.41 Å². The zero-order chi connectivity index (χ0) is 36.4. The lowest BCUT2D eigenvalue weighted by molar-refractivity contribution is 0.0780. The van der Waals surface area contributed by atoms with E-state index in [1.54, 1.807) is 6.07 Å². The van der Waals surface area contributed by atoms with Crippen LogP contribution in [-0.4, -0.2) is 15.0 Å². The van der Waals surface area contributed by atoms with Gasteiger partial charge >= 0.3 is 0 Å². The fraction of sp³-hybridized carbons (Fsp3) is 0.224. The Labute approximate surface area is 315 Å². The monoisotopic (exact) mass is 700 g/mol. The maximum Gasteiger partial charge on any atom is 0.164 e. The van der Waals surface area contributed by atoms with Crippen LogP contribution in [0.3, 0.4) is 0 Å². The standard InChI is InChI=1S/C49H40N4O/c1-30-21-33-22-31(2)27-49(26-30,28-33)39-17-14-35(15-18-39)46-51-47(53-48(52-46)41-12-6-8-34-7-3-4-11-40(34)41)38-10-5-9-36(24-38)37-16-20-45-43(25-37)42-23-32(29-50)13-19-44(42)54-45/h3-20,23-25,30-31,33H,21-22,26-28H2,1-2H3/t30-,31+,33-,49?. The molecule has 0 saturated heterocycles. The van der Waals surface area contributed by atoms with Crippen molar-refractivity contribution in [3.05, 3.63) is 139 Å². The lowest BCUT2D eigenvalue weighted by Gasteiger charge is -2.50. The molecular weight excluding hydrogens is 661 g/mol. The fourth-order valence-corrected chi connectivity index (χ4v) is 10.1. The number of hydrogen-bond acceptors (Lipinski definition) is 5. The zero-order valence-electron chi connectivity index (χ0n) is 30.6. The van der Waals surface area contributed by atoms with Crippen molar-refractivity contribution in [1.29, 1.82) is 5.26 Å². The molecular formula is C49H40N4O. The highest BCUT2D eigenvalue weighted by Gasteiger charge is 2.45. The summed E-state index contributed by atoms with van der Waals surface area (Å²) in [5, 5.41) is 13.7. The number of rotatable bonds is 5. The quantitative estimate of drug-likeness (QED) is 0.179. The first-order valence-corrected chi connectivity index (χ1v) is 19.2. The number of nitrogens with zero attached hydrogens (tertiary/aromatic N) is 4. The molecule has 6 aromatic carbocycles. The van der Waals surface area contributed by atoms with Crippen molar-refractivity contribution in [1.82, 2.24) is 15.0 Å². The lowest BCUT2D eigenvalue weighted by atomic mass is 9.54. The molecule has 2 aliphatic rings. The highest BCUT2D eigenvalue weighted by atomic mass is 16.3. The predicted molar refractivity (Wildman–Crippen MR) is 218 cm³/mol. The van der Waals surface area contributed by atoms with Gasteiger partial charge in [0, 0.05) is 27.5 Å². The maximum atomic E-state index is 9.53. The molecule has 2 saturated carbocycles. The molecule has 8 aromatic rings. The third-order valence-electron chi connectivity index (χ3n) is 12.1. The highest BCUT2D eigenvalue weighted by Crippen LogP contribution is 2.54. The van der Waals surface area contributed by atoms with Gasteiger partial charge in [-0.25, -0.2) is 15.0 Å². The Bertz CT molecular complexity index is 2750. The largest absolute Gasteiger partial charge is 0.456 e. The smallest absolute Gasteiger partial charge is 0.164 e. The van der Waals surface area contributed by atoms with Crippen molar-refractivity contribution >= 4 is 32.7 Å². The Kier molecular flexibility index (Phi) is 7.70. The second kappa shape index (κ2) is 12.8. The van der Waals surface area contributed by atoms with Crippen molar-refractivity contribution in [2.24, 2.45) is 17.8 Å². The number of nitriles is 1. The van der Waals surface area contributed by atoms with E-state index in [0.29, 0.717) is 23.0 Å². The van der Waals surface area contributed by atoms with Crippen LogP contribution in [0.1, 0.15) is 57.1 Å². The normalized spacial score (nSPS) is 21.0. The van der Waals surface area contributed by atoms with E-state index in [9.17, 15) is 5.26 Å². The van der Waals surface area contributed by atoms with Crippen molar-refractivity contribution < 1.29 is 4.42 Å². The molecule has 4 atom stereocenters. The number of benzene rings is 6.